The first kappa shape index (κ1) is 10.5. The van der Waals surface area contributed by atoms with E-state index in [0.29, 0.717) is 6.10 Å². The molecule has 1 aliphatic carbocycles. The number of hydrogen-bond donors (Lipinski definition) is 0. The Balaban J connectivity index is 1.76. The van der Waals surface area contributed by atoms with Crippen molar-refractivity contribution >= 4 is 33.6 Å². The fourth-order valence-electron chi connectivity index (χ4n) is 1.64. The predicted molar refractivity (Wildman–Crippen MR) is 69.2 cm³/mol. The van der Waals surface area contributed by atoms with Gasteiger partial charge in [0, 0.05) is 3.57 Å². The van der Waals surface area contributed by atoms with Gasteiger partial charge in [-0.1, -0.05) is 5.21 Å². The monoisotopic (exact) mass is 329 g/mol. The van der Waals surface area contributed by atoms with E-state index in [4.69, 9.17) is 4.74 Å². The zero-order chi connectivity index (χ0) is 11.0. The van der Waals surface area contributed by atoms with E-state index in [1.54, 1.807) is 0 Å². The van der Waals surface area contributed by atoms with Crippen molar-refractivity contribution in [1.82, 2.24) is 15.0 Å². The molecule has 1 aromatic heterocycles. The van der Waals surface area contributed by atoms with E-state index in [1.807, 2.05) is 16.8 Å². The van der Waals surface area contributed by atoms with Gasteiger partial charge in [-0.05, 0) is 53.6 Å². The molecule has 0 unspecified atom stereocenters. The van der Waals surface area contributed by atoms with Gasteiger partial charge in [0.2, 0.25) is 0 Å². The molecule has 0 amide bonds. The molecular weight excluding hydrogens is 317 g/mol. The first-order valence-electron chi connectivity index (χ1n) is 5.43. The summed E-state index contributed by atoms with van der Waals surface area (Å²) in [7, 11) is 0. The Labute approximate surface area is 107 Å². The van der Waals surface area contributed by atoms with Gasteiger partial charge in [-0.25, -0.2) is 4.68 Å². The maximum atomic E-state index is 5.61. The summed E-state index contributed by atoms with van der Waals surface area (Å²) in [6.07, 6.45) is 2.95. The summed E-state index contributed by atoms with van der Waals surface area (Å²) in [4.78, 5) is 0. The Morgan fingerprint density at radius 3 is 3.12 bits per heavy atom. The molecule has 1 aromatic carbocycles. The molecule has 0 atom stereocenters. The molecular formula is C11H12IN3O. The van der Waals surface area contributed by atoms with Crippen LogP contribution in [0.15, 0.2) is 18.2 Å². The van der Waals surface area contributed by atoms with E-state index in [2.05, 4.69) is 39.0 Å². The highest BCUT2D eigenvalue weighted by molar-refractivity contribution is 14.1. The van der Waals surface area contributed by atoms with Crippen LogP contribution in [0.25, 0.3) is 11.0 Å². The number of ether oxygens (including phenoxy) is 1. The molecule has 3 rings (SSSR count). The lowest BCUT2D eigenvalue weighted by Crippen LogP contribution is -2.08. The molecule has 1 heterocycles. The number of fused-ring (bicyclic) bond motifs is 1. The normalized spacial score (nSPS) is 15.8. The number of nitrogens with zero attached hydrogens (tertiary/aromatic N) is 3. The lowest BCUT2D eigenvalue weighted by atomic mass is 10.3. The zero-order valence-corrected chi connectivity index (χ0v) is 10.9. The number of halogens is 1. The van der Waals surface area contributed by atoms with Crippen LogP contribution in [0.4, 0.5) is 0 Å². The van der Waals surface area contributed by atoms with E-state index < -0.39 is 0 Å². The Hall–Kier alpha value is -0.690. The molecule has 4 nitrogen and oxygen atoms in total. The molecule has 16 heavy (non-hydrogen) atoms. The average Bonchev–Trinajstić information content (AvgIpc) is 3.01. The molecule has 1 fully saturated rings. The highest BCUT2D eigenvalue weighted by Crippen LogP contribution is 2.23. The highest BCUT2D eigenvalue weighted by atomic mass is 127. The summed E-state index contributed by atoms with van der Waals surface area (Å²) in [5.74, 6) is 0. The maximum absolute atomic E-state index is 5.61. The maximum Gasteiger partial charge on any atom is 0.113 e. The fourth-order valence-corrected chi connectivity index (χ4v) is 2.12. The summed E-state index contributed by atoms with van der Waals surface area (Å²) >= 11 is 2.30. The summed E-state index contributed by atoms with van der Waals surface area (Å²) in [5, 5.41) is 8.26. The topological polar surface area (TPSA) is 39.9 Å². The van der Waals surface area contributed by atoms with Gasteiger partial charge in [-0.15, -0.1) is 5.10 Å². The van der Waals surface area contributed by atoms with Crippen LogP contribution in [0.1, 0.15) is 12.8 Å². The van der Waals surface area contributed by atoms with Crippen LogP contribution in [-0.4, -0.2) is 27.7 Å². The van der Waals surface area contributed by atoms with Crippen LogP contribution in [0.5, 0.6) is 0 Å². The quantitative estimate of drug-likeness (QED) is 0.808. The highest BCUT2D eigenvalue weighted by Gasteiger charge is 2.21. The first-order valence-corrected chi connectivity index (χ1v) is 6.51. The van der Waals surface area contributed by atoms with Crippen LogP contribution in [0.2, 0.25) is 0 Å². The Morgan fingerprint density at radius 2 is 2.31 bits per heavy atom. The second-order valence-electron chi connectivity index (χ2n) is 4.02. The van der Waals surface area contributed by atoms with E-state index in [9.17, 15) is 0 Å². The van der Waals surface area contributed by atoms with Crippen molar-refractivity contribution in [3.8, 4) is 0 Å². The summed E-state index contributed by atoms with van der Waals surface area (Å²) in [6, 6.07) is 6.15. The molecule has 0 saturated heterocycles. The molecule has 84 valence electrons. The Kier molecular flexibility index (Phi) is 2.81. The largest absolute Gasteiger partial charge is 0.376 e. The summed E-state index contributed by atoms with van der Waals surface area (Å²) in [6.45, 7) is 1.52. The second kappa shape index (κ2) is 4.29. The van der Waals surface area contributed by atoms with E-state index in [-0.39, 0.29) is 0 Å². The molecule has 0 spiro atoms. The van der Waals surface area contributed by atoms with E-state index in [0.717, 1.165) is 24.2 Å². The first-order chi connectivity index (χ1) is 7.83. The zero-order valence-electron chi connectivity index (χ0n) is 8.77. The van der Waals surface area contributed by atoms with Gasteiger partial charge in [0.05, 0.1) is 24.8 Å². The number of aromatic nitrogens is 3. The van der Waals surface area contributed by atoms with Crippen LogP contribution in [-0.2, 0) is 11.3 Å². The number of rotatable bonds is 4. The smallest absolute Gasteiger partial charge is 0.113 e. The van der Waals surface area contributed by atoms with E-state index in [1.165, 1.54) is 16.4 Å². The second-order valence-corrected chi connectivity index (χ2v) is 5.26. The van der Waals surface area contributed by atoms with Crippen molar-refractivity contribution in [3.63, 3.8) is 0 Å². The molecule has 0 radical (unpaired) electrons. The fraction of sp³-hybridized carbons (Fsp3) is 0.455. The van der Waals surface area contributed by atoms with Crippen molar-refractivity contribution < 1.29 is 4.74 Å². The molecule has 0 aliphatic heterocycles. The van der Waals surface area contributed by atoms with Crippen molar-refractivity contribution in [2.45, 2.75) is 25.5 Å². The predicted octanol–water partition coefficient (Wildman–Crippen LogP) is 2.21. The third kappa shape index (κ3) is 2.20. The minimum Gasteiger partial charge on any atom is -0.376 e. The third-order valence-corrected chi connectivity index (χ3v) is 3.33. The summed E-state index contributed by atoms with van der Waals surface area (Å²) < 4.78 is 8.74. The SMILES string of the molecule is Ic1ccc2nnn(CCOC3CC3)c2c1. The van der Waals surface area contributed by atoms with Gasteiger partial charge in [0.25, 0.3) is 0 Å². The minimum atomic E-state index is 0.509. The van der Waals surface area contributed by atoms with Crippen LogP contribution < -0.4 is 0 Å². The molecule has 0 bridgehead atoms. The summed E-state index contributed by atoms with van der Waals surface area (Å²) in [5.41, 5.74) is 2.04. The number of benzene rings is 1. The molecule has 1 aliphatic rings. The van der Waals surface area contributed by atoms with Gasteiger partial charge in [0.15, 0.2) is 0 Å². The van der Waals surface area contributed by atoms with Gasteiger partial charge in [-0.3, -0.25) is 0 Å². The van der Waals surface area contributed by atoms with Gasteiger partial charge in [-0.2, -0.15) is 0 Å². The molecule has 2 aromatic rings. The third-order valence-electron chi connectivity index (χ3n) is 2.66. The van der Waals surface area contributed by atoms with E-state index >= 15 is 0 Å². The van der Waals surface area contributed by atoms with Crippen molar-refractivity contribution in [3.05, 3.63) is 21.8 Å². The van der Waals surface area contributed by atoms with Crippen LogP contribution in [0, 0.1) is 3.57 Å². The molecule has 1 saturated carbocycles. The van der Waals surface area contributed by atoms with Crippen molar-refractivity contribution in [2.24, 2.45) is 0 Å². The van der Waals surface area contributed by atoms with Crippen LogP contribution in [0.3, 0.4) is 0 Å². The Morgan fingerprint density at radius 1 is 1.44 bits per heavy atom. The molecule has 0 N–H and O–H groups in total. The van der Waals surface area contributed by atoms with Crippen molar-refractivity contribution in [2.75, 3.05) is 6.61 Å². The lowest BCUT2D eigenvalue weighted by molar-refractivity contribution is 0.110. The average molecular weight is 329 g/mol. The Bertz CT molecular complexity index is 507. The number of hydrogen-bond acceptors (Lipinski definition) is 3. The van der Waals surface area contributed by atoms with Gasteiger partial charge in [0.1, 0.15) is 5.52 Å². The minimum absolute atomic E-state index is 0.509. The van der Waals surface area contributed by atoms with Gasteiger partial charge >= 0.3 is 0 Å². The van der Waals surface area contributed by atoms with Crippen molar-refractivity contribution in [1.29, 1.82) is 0 Å². The molecule has 5 heteroatoms. The lowest BCUT2D eigenvalue weighted by Gasteiger charge is -2.03. The van der Waals surface area contributed by atoms with Crippen LogP contribution >= 0.6 is 22.6 Å². The van der Waals surface area contributed by atoms with Gasteiger partial charge < -0.3 is 4.74 Å². The standard InChI is InChI=1S/C11H12IN3O/c12-8-1-4-10-11(7-8)15(14-13-10)5-6-16-9-2-3-9/h1,4,7,9H,2-3,5-6H2.